The van der Waals surface area contributed by atoms with Gasteiger partial charge in [-0.15, -0.1) is 0 Å². The molecule has 0 fully saturated rings. The predicted octanol–water partition coefficient (Wildman–Crippen LogP) is 1.49. The number of hydrogen-bond acceptors (Lipinski definition) is 4. The minimum absolute atomic E-state index is 0.255. The monoisotopic (exact) mass is 214 g/mol. The van der Waals surface area contributed by atoms with Crippen LogP contribution in [0.4, 0.5) is 0 Å². The number of aldehydes is 1. The van der Waals surface area contributed by atoms with Crippen molar-refractivity contribution >= 4 is 12.3 Å². The van der Waals surface area contributed by atoms with Crippen molar-refractivity contribution in [3.8, 4) is 0 Å². The number of carbonyl (C=O) groups is 2. The number of esters is 1. The van der Waals surface area contributed by atoms with Gasteiger partial charge in [-0.2, -0.15) is 0 Å². The molecule has 15 heavy (non-hydrogen) atoms. The Morgan fingerprint density at radius 2 is 2.00 bits per heavy atom. The summed E-state index contributed by atoms with van der Waals surface area (Å²) in [5.74, 6) is -0.367. The van der Waals surface area contributed by atoms with Crippen molar-refractivity contribution in [2.24, 2.45) is 0 Å². The summed E-state index contributed by atoms with van der Waals surface area (Å²) in [6.07, 6.45) is 2.31. The molecule has 1 unspecified atom stereocenters. The third-order valence-corrected chi connectivity index (χ3v) is 1.74. The molecular formula is C11H18O4. The average molecular weight is 214 g/mol. The van der Waals surface area contributed by atoms with E-state index in [2.05, 4.69) is 0 Å². The maximum absolute atomic E-state index is 11.3. The van der Waals surface area contributed by atoms with Gasteiger partial charge >= 0.3 is 5.97 Å². The minimum Gasteiger partial charge on any atom is -0.463 e. The van der Waals surface area contributed by atoms with E-state index in [1.54, 1.807) is 19.9 Å². The van der Waals surface area contributed by atoms with Gasteiger partial charge in [0.2, 0.25) is 0 Å². The first-order valence-corrected chi connectivity index (χ1v) is 5.06. The second kappa shape index (κ2) is 8.17. The molecule has 0 spiro atoms. The van der Waals surface area contributed by atoms with E-state index in [4.69, 9.17) is 9.47 Å². The Bertz CT molecular complexity index is 233. The minimum atomic E-state index is -0.367. The van der Waals surface area contributed by atoms with Gasteiger partial charge in [0.15, 0.2) is 0 Å². The number of rotatable bonds is 7. The van der Waals surface area contributed by atoms with Gasteiger partial charge in [-0.25, -0.2) is 4.79 Å². The molecule has 0 saturated heterocycles. The molecule has 0 bridgehead atoms. The van der Waals surface area contributed by atoms with Gasteiger partial charge in [0, 0.05) is 18.6 Å². The van der Waals surface area contributed by atoms with Crippen LogP contribution in [0.2, 0.25) is 0 Å². The van der Waals surface area contributed by atoms with Crippen LogP contribution in [-0.4, -0.2) is 31.6 Å². The highest BCUT2D eigenvalue weighted by atomic mass is 16.5. The molecule has 0 amide bonds. The van der Waals surface area contributed by atoms with Crippen molar-refractivity contribution in [3.63, 3.8) is 0 Å². The van der Waals surface area contributed by atoms with Crippen LogP contribution in [0.25, 0.3) is 0 Å². The molecule has 0 rings (SSSR count). The van der Waals surface area contributed by atoms with E-state index >= 15 is 0 Å². The molecule has 0 aromatic carbocycles. The summed E-state index contributed by atoms with van der Waals surface area (Å²) in [5.41, 5.74) is 0.470. The lowest BCUT2D eigenvalue weighted by atomic mass is 10.2. The molecule has 0 aromatic heterocycles. The SMILES string of the molecule is CCOC(=O)C(C)=CC(CC=O)OCC. The van der Waals surface area contributed by atoms with Gasteiger partial charge in [-0.1, -0.05) is 0 Å². The first-order valence-electron chi connectivity index (χ1n) is 5.06. The molecule has 4 heteroatoms. The van der Waals surface area contributed by atoms with E-state index in [1.165, 1.54) is 0 Å². The van der Waals surface area contributed by atoms with Crippen LogP contribution >= 0.6 is 0 Å². The van der Waals surface area contributed by atoms with Crippen molar-refractivity contribution in [2.75, 3.05) is 13.2 Å². The summed E-state index contributed by atoms with van der Waals surface area (Å²) in [5, 5.41) is 0. The highest BCUT2D eigenvalue weighted by Crippen LogP contribution is 2.05. The molecule has 86 valence electrons. The Morgan fingerprint density at radius 3 is 2.47 bits per heavy atom. The standard InChI is InChI=1S/C11H18O4/c1-4-14-10(6-7-12)8-9(3)11(13)15-5-2/h7-8,10H,4-6H2,1-3H3. The van der Waals surface area contributed by atoms with Crippen LogP contribution in [0, 0.1) is 0 Å². The number of hydrogen-bond donors (Lipinski definition) is 0. The zero-order chi connectivity index (χ0) is 11.7. The summed E-state index contributed by atoms with van der Waals surface area (Å²) in [6.45, 7) is 6.08. The van der Waals surface area contributed by atoms with Crippen LogP contribution in [0.1, 0.15) is 27.2 Å². The second-order valence-corrected chi connectivity index (χ2v) is 2.97. The third kappa shape index (κ3) is 6.01. The fraction of sp³-hybridized carbons (Fsp3) is 0.636. The lowest BCUT2D eigenvalue weighted by Gasteiger charge is -2.10. The summed E-state index contributed by atoms with van der Waals surface area (Å²) in [4.78, 5) is 21.6. The smallest absolute Gasteiger partial charge is 0.333 e. The maximum Gasteiger partial charge on any atom is 0.333 e. The molecule has 0 aliphatic carbocycles. The summed E-state index contributed by atoms with van der Waals surface area (Å²) < 4.78 is 10.1. The van der Waals surface area contributed by atoms with Crippen LogP contribution in [-0.2, 0) is 19.1 Å². The van der Waals surface area contributed by atoms with E-state index in [9.17, 15) is 9.59 Å². The highest BCUT2D eigenvalue weighted by Gasteiger charge is 2.09. The van der Waals surface area contributed by atoms with Gasteiger partial charge in [-0.05, 0) is 26.8 Å². The molecule has 0 saturated carbocycles. The van der Waals surface area contributed by atoms with Gasteiger partial charge in [0.25, 0.3) is 0 Å². The zero-order valence-electron chi connectivity index (χ0n) is 9.49. The largest absolute Gasteiger partial charge is 0.463 e. The molecule has 0 aliphatic heterocycles. The van der Waals surface area contributed by atoms with E-state index < -0.39 is 0 Å². The normalized spacial score (nSPS) is 13.4. The summed E-state index contributed by atoms with van der Waals surface area (Å²) in [6, 6.07) is 0. The number of carbonyl (C=O) groups excluding carboxylic acids is 2. The van der Waals surface area contributed by atoms with Gasteiger partial charge in [0.05, 0.1) is 12.7 Å². The fourth-order valence-corrected chi connectivity index (χ4v) is 1.08. The van der Waals surface area contributed by atoms with E-state index in [0.717, 1.165) is 6.29 Å². The molecule has 0 N–H and O–H groups in total. The van der Waals surface area contributed by atoms with Crippen LogP contribution in [0.3, 0.4) is 0 Å². The van der Waals surface area contributed by atoms with E-state index in [1.807, 2.05) is 6.92 Å². The Balaban J connectivity index is 4.36. The lowest BCUT2D eigenvalue weighted by Crippen LogP contribution is -2.14. The zero-order valence-corrected chi connectivity index (χ0v) is 9.49. The first kappa shape index (κ1) is 13.8. The van der Waals surface area contributed by atoms with Crippen molar-refractivity contribution < 1.29 is 19.1 Å². The number of ether oxygens (including phenoxy) is 2. The first-order chi connectivity index (χ1) is 7.15. The van der Waals surface area contributed by atoms with Gasteiger partial charge < -0.3 is 14.3 Å². The Labute approximate surface area is 90.2 Å². The molecular weight excluding hydrogens is 196 g/mol. The van der Waals surface area contributed by atoms with Crippen molar-refractivity contribution in [1.82, 2.24) is 0 Å². The highest BCUT2D eigenvalue weighted by molar-refractivity contribution is 5.87. The molecule has 4 nitrogen and oxygen atoms in total. The maximum atomic E-state index is 11.3. The van der Waals surface area contributed by atoms with E-state index in [0.29, 0.717) is 18.8 Å². The van der Waals surface area contributed by atoms with Gasteiger partial charge in [-0.3, -0.25) is 0 Å². The predicted molar refractivity (Wildman–Crippen MR) is 56.5 cm³/mol. The molecule has 0 heterocycles. The lowest BCUT2D eigenvalue weighted by molar-refractivity contribution is -0.138. The Kier molecular flexibility index (Phi) is 7.54. The van der Waals surface area contributed by atoms with Crippen molar-refractivity contribution in [1.29, 1.82) is 0 Å². The van der Waals surface area contributed by atoms with Crippen molar-refractivity contribution in [3.05, 3.63) is 11.6 Å². The fourth-order valence-electron chi connectivity index (χ4n) is 1.08. The van der Waals surface area contributed by atoms with E-state index in [-0.39, 0.29) is 18.5 Å². The topological polar surface area (TPSA) is 52.6 Å². The van der Waals surface area contributed by atoms with Crippen LogP contribution in [0.5, 0.6) is 0 Å². The summed E-state index contributed by atoms with van der Waals surface area (Å²) in [7, 11) is 0. The third-order valence-electron chi connectivity index (χ3n) is 1.74. The molecule has 0 aromatic rings. The molecule has 1 atom stereocenters. The van der Waals surface area contributed by atoms with Crippen LogP contribution < -0.4 is 0 Å². The molecule has 0 radical (unpaired) electrons. The van der Waals surface area contributed by atoms with Crippen LogP contribution in [0.15, 0.2) is 11.6 Å². The summed E-state index contributed by atoms with van der Waals surface area (Å²) >= 11 is 0. The van der Waals surface area contributed by atoms with Crippen molar-refractivity contribution in [2.45, 2.75) is 33.3 Å². The second-order valence-electron chi connectivity index (χ2n) is 2.97. The van der Waals surface area contributed by atoms with Gasteiger partial charge in [0.1, 0.15) is 6.29 Å². The Morgan fingerprint density at radius 1 is 1.33 bits per heavy atom. The average Bonchev–Trinajstić information content (AvgIpc) is 2.18. The quantitative estimate of drug-likeness (QED) is 0.366. The Hall–Kier alpha value is -1.16. The molecule has 0 aliphatic rings.